The van der Waals surface area contributed by atoms with Gasteiger partial charge in [-0.3, -0.25) is 0 Å². The summed E-state index contributed by atoms with van der Waals surface area (Å²) in [7, 11) is -3.21. The van der Waals surface area contributed by atoms with Gasteiger partial charge in [0.25, 0.3) is 0 Å². The van der Waals surface area contributed by atoms with Crippen molar-refractivity contribution in [3.63, 3.8) is 0 Å². The molecule has 1 aliphatic rings. The molecular weight excluding hydrogens is 260 g/mol. The number of piperidine rings is 1. The Morgan fingerprint density at radius 3 is 2.42 bits per heavy atom. The predicted molar refractivity (Wildman–Crippen MR) is 73.4 cm³/mol. The lowest BCUT2D eigenvalue weighted by Gasteiger charge is -2.22. The van der Waals surface area contributed by atoms with Gasteiger partial charge >= 0.3 is 0 Å². The molecule has 1 aromatic rings. The summed E-state index contributed by atoms with van der Waals surface area (Å²) in [6, 6.07) is 8.14. The van der Waals surface area contributed by atoms with Gasteiger partial charge < -0.3 is 5.32 Å². The summed E-state index contributed by atoms with van der Waals surface area (Å²) in [6.45, 7) is 1.98. The van der Waals surface area contributed by atoms with Gasteiger partial charge in [0.15, 0.2) is 9.84 Å². The van der Waals surface area contributed by atoms with E-state index < -0.39 is 9.84 Å². The lowest BCUT2D eigenvalue weighted by molar-refractivity contribution is 0.365. The van der Waals surface area contributed by atoms with Crippen LogP contribution in [0.4, 0.5) is 0 Å². The van der Waals surface area contributed by atoms with Crippen LogP contribution < -0.4 is 5.32 Å². The highest BCUT2D eigenvalue weighted by atomic mass is 32.2. The number of hydrogen-bond donors (Lipinski definition) is 1. The molecular formula is C14H18N2O2S. The second-order valence-electron chi connectivity index (χ2n) is 4.94. The molecule has 0 aromatic heterocycles. The molecule has 1 N–H and O–H groups in total. The van der Waals surface area contributed by atoms with E-state index in [-0.39, 0.29) is 5.75 Å². The molecule has 5 heteroatoms. The van der Waals surface area contributed by atoms with Crippen LogP contribution in [0.5, 0.6) is 0 Å². The van der Waals surface area contributed by atoms with E-state index in [1.807, 2.05) is 6.07 Å². The fourth-order valence-corrected chi connectivity index (χ4v) is 3.78. The molecule has 4 nitrogen and oxygen atoms in total. The SMILES string of the molecule is N#Cc1ccc(S(=O)(=O)CCC2CCNCC2)cc1. The van der Waals surface area contributed by atoms with Crippen molar-refractivity contribution >= 4 is 9.84 Å². The average molecular weight is 278 g/mol. The Hall–Kier alpha value is -1.38. The second-order valence-corrected chi connectivity index (χ2v) is 7.05. The zero-order chi connectivity index (χ0) is 13.7. The van der Waals surface area contributed by atoms with E-state index in [0.717, 1.165) is 32.4 Å². The molecule has 1 fully saturated rings. The van der Waals surface area contributed by atoms with E-state index in [9.17, 15) is 8.42 Å². The maximum Gasteiger partial charge on any atom is 0.178 e. The van der Waals surface area contributed by atoms with E-state index in [2.05, 4.69) is 5.32 Å². The Labute approximate surface area is 114 Å². The third kappa shape index (κ3) is 3.79. The van der Waals surface area contributed by atoms with Crippen LogP contribution in [0.3, 0.4) is 0 Å². The number of rotatable bonds is 4. The first-order chi connectivity index (χ1) is 9.12. The molecule has 0 spiro atoms. The largest absolute Gasteiger partial charge is 0.317 e. The molecule has 1 heterocycles. The normalized spacial score (nSPS) is 17.0. The van der Waals surface area contributed by atoms with Crippen molar-refractivity contribution in [2.75, 3.05) is 18.8 Å². The topological polar surface area (TPSA) is 70.0 Å². The number of nitrogens with zero attached hydrogens (tertiary/aromatic N) is 1. The van der Waals surface area contributed by atoms with E-state index in [1.54, 1.807) is 12.1 Å². The quantitative estimate of drug-likeness (QED) is 0.910. The van der Waals surface area contributed by atoms with Gasteiger partial charge in [-0.1, -0.05) is 0 Å². The standard InChI is InChI=1S/C14H18N2O2S/c15-11-13-1-3-14(4-2-13)19(17,18)10-7-12-5-8-16-9-6-12/h1-4,12,16H,5-10H2. The summed E-state index contributed by atoms with van der Waals surface area (Å²) in [5.74, 6) is 0.707. The third-order valence-corrected chi connectivity index (χ3v) is 5.36. The smallest absolute Gasteiger partial charge is 0.178 e. The highest BCUT2D eigenvalue weighted by Crippen LogP contribution is 2.20. The highest BCUT2D eigenvalue weighted by Gasteiger charge is 2.19. The summed E-state index contributed by atoms with van der Waals surface area (Å²) < 4.78 is 24.4. The molecule has 0 bridgehead atoms. The van der Waals surface area contributed by atoms with Crippen LogP contribution in [0.25, 0.3) is 0 Å². The van der Waals surface area contributed by atoms with Gasteiger partial charge in [0, 0.05) is 0 Å². The van der Waals surface area contributed by atoms with Crippen LogP contribution in [0.1, 0.15) is 24.8 Å². The lowest BCUT2D eigenvalue weighted by Crippen LogP contribution is -2.28. The van der Waals surface area contributed by atoms with Crippen LogP contribution >= 0.6 is 0 Å². The number of nitrogens with one attached hydrogen (secondary N) is 1. The van der Waals surface area contributed by atoms with Gasteiger partial charge in [0.2, 0.25) is 0 Å². The van der Waals surface area contributed by atoms with Gasteiger partial charge in [0.05, 0.1) is 22.3 Å². The van der Waals surface area contributed by atoms with Crippen molar-refractivity contribution in [1.29, 1.82) is 5.26 Å². The Morgan fingerprint density at radius 2 is 1.84 bits per heavy atom. The Kier molecular flexibility index (Phi) is 4.56. The molecule has 0 radical (unpaired) electrons. The number of sulfone groups is 1. The molecule has 0 atom stereocenters. The van der Waals surface area contributed by atoms with Crippen LogP contribution in [-0.4, -0.2) is 27.3 Å². The Morgan fingerprint density at radius 1 is 1.21 bits per heavy atom. The van der Waals surface area contributed by atoms with E-state index in [4.69, 9.17) is 5.26 Å². The summed E-state index contributed by atoms with van der Waals surface area (Å²) in [4.78, 5) is 0.320. The van der Waals surface area contributed by atoms with Crippen molar-refractivity contribution in [2.24, 2.45) is 5.92 Å². The molecule has 1 saturated heterocycles. The van der Waals surface area contributed by atoms with Gasteiger partial charge in [-0.2, -0.15) is 5.26 Å². The number of nitriles is 1. The summed E-state index contributed by atoms with van der Waals surface area (Å²) >= 11 is 0. The number of hydrogen-bond acceptors (Lipinski definition) is 4. The van der Waals surface area contributed by atoms with Crippen molar-refractivity contribution < 1.29 is 8.42 Å². The first-order valence-corrected chi connectivity index (χ1v) is 8.21. The first kappa shape index (κ1) is 14.0. The van der Waals surface area contributed by atoms with Crippen LogP contribution in [0, 0.1) is 17.2 Å². The Bertz CT molecular complexity index is 552. The molecule has 0 amide bonds. The minimum absolute atomic E-state index is 0.198. The van der Waals surface area contributed by atoms with E-state index >= 15 is 0 Å². The third-order valence-electron chi connectivity index (χ3n) is 3.60. The average Bonchev–Trinajstić information content (AvgIpc) is 2.46. The molecule has 0 saturated carbocycles. The molecule has 19 heavy (non-hydrogen) atoms. The zero-order valence-corrected chi connectivity index (χ0v) is 11.6. The molecule has 0 aliphatic carbocycles. The van der Waals surface area contributed by atoms with Gasteiger partial charge in [0.1, 0.15) is 0 Å². The lowest BCUT2D eigenvalue weighted by atomic mass is 9.96. The number of benzene rings is 1. The van der Waals surface area contributed by atoms with Crippen LogP contribution in [-0.2, 0) is 9.84 Å². The summed E-state index contributed by atoms with van der Waals surface area (Å²) in [5, 5.41) is 12.0. The monoisotopic (exact) mass is 278 g/mol. The minimum Gasteiger partial charge on any atom is -0.317 e. The van der Waals surface area contributed by atoms with Crippen molar-refractivity contribution in [2.45, 2.75) is 24.2 Å². The minimum atomic E-state index is -3.21. The highest BCUT2D eigenvalue weighted by molar-refractivity contribution is 7.91. The molecule has 102 valence electrons. The van der Waals surface area contributed by atoms with E-state index in [0.29, 0.717) is 16.4 Å². The van der Waals surface area contributed by atoms with Crippen LogP contribution in [0.15, 0.2) is 29.2 Å². The van der Waals surface area contributed by atoms with Gasteiger partial charge in [-0.05, 0) is 62.5 Å². The van der Waals surface area contributed by atoms with Crippen molar-refractivity contribution in [1.82, 2.24) is 5.32 Å². The zero-order valence-electron chi connectivity index (χ0n) is 10.8. The molecule has 1 aliphatic heterocycles. The maximum atomic E-state index is 12.2. The van der Waals surface area contributed by atoms with Crippen molar-refractivity contribution in [3.8, 4) is 6.07 Å². The van der Waals surface area contributed by atoms with Crippen molar-refractivity contribution in [3.05, 3.63) is 29.8 Å². The molecule has 2 rings (SSSR count). The fourth-order valence-electron chi connectivity index (χ4n) is 2.35. The fraction of sp³-hybridized carbons (Fsp3) is 0.500. The predicted octanol–water partition coefficient (Wildman–Crippen LogP) is 1.72. The Balaban J connectivity index is 1.99. The summed E-state index contributed by atoms with van der Waals surface area (Å²) in [6.07, 6.45) is 2.84. The molecule has 0 unspecified atom stereocenters. The van der Waals surface area contributed by atoms with Gasteiger partial charge in [-0.15, -0.1) is 0 Å². The second kappa shape index (κ2) is 6.18. The van der Waals surface area contributed by atoms with Crippen LogP contribution in [0.2, 0.25) is 0 Å². The molecule has 1 aromatic carbocycles. The van der Waals surface area contributed by atoms with Gasteiger partial charge in [-0.25, -0.2) is 8.42 Å². The summed E-state index contributed by atoms with van der Waals surface area (Å²) in [5.41, 5.74) is 0.484. The maximum absolute atomic E-state index is 12.2. The van der Waals surface area contributed by atoms with E-state index in [1.165, 1.54) is 12.1 Å². The first-order valence-electron chi connectivity index (χ1n) is 6.55.